The highest BCUT2D eigenvalue weighted by atomic mass is 16.2. The van der Waals surface area contributed by atoms with Gasteiger partial charge in [-0.25, -0.2) is 0 Å². The molecule has 0 aromatic carbocycles. The summed E-state index contributed by atoms with van der Waals surface area (Å²) in [6.07, 6.45) is 1.78. The lowest BCUT2D eigenvalue weighted by atomic mass is 10.2. The Balaban J connectivity index is 2.04. The van der Waals surface area contributed by atoms with Crippen LogP contribution in [0.3, 0.4) is 0 Å². The van der Waals surface area contributed by atoms with Gasteiger partial charge in [0, 0.05) is 31.9 Å². The number of amides is 1. The van der Waals surface area contributed by atoms with Crippen molar-refractivity contribution < 1.29 is 4.79 Å². The van der Waals surface area contributed by atoms with E-state index in [-0.39, 0.29) is 5.91 Å². The molecule has 1 aliphatic heterocycles. The maximum atomic E-state index is 11.9. The minimum absolute atomic E-state index is 0.100. The Kier molecular flexibility index (Phi) is 2.54. The number of nitrogens with zero attached hydrogens (tertiary/aromatic N) is 1. The molecule has 2 rings (SSSR count). The summed E-state index contributed by atoms with van der Waals surface area (Å²) >= 11 is 0. The van der Waals surface area contributed by atoms with Crippen LogP contribution >= 0.6 is 0 Å². The lowest BCUT2D eigenvalue weighted by Gasteiger charge is -2.31. The van der Waals surface area contributed by atoms with Crippen molar-refractivity contribution >= 4 is 5.91 Å². The first-order valence-corrected chi connectivity index (χ1v) is 4.93. The van der Waals surface area contributed by atoms with E-state index in [0.29, 0.717) is 11.7 Å². The van der Waals surface area contributed by atoms with Crippen molar-refractivity contribution in [3.05, 3.63) is 24.0 Å². The number of carbonyl (C=O) groups excluding carboxylic acids is 1. The molecule has 0 radical (unpaired) electrons. The third-order valence-corrected chi connectivity index (χ3v) is 2.48. The highest BCUT2D eigenvalue weighted by Crippen LogP contribution is 2.05. The average molecular weight is 193 g/mol. The van der Waals surface area contributed by atoms with E-state index in [9.17, 15) is 4.79 Å². The summed E-state index contributed by atoms with van der Waals surface area (Å²) in [5, 5.41) is 3.31. The molecular formula is C10H15N3O. The monoisotopic (exact) mass is 193 g/mol. The summed E-state index contributed by atoms with van der Waals surface area (Å²) in [5.74, 6) is 0.100. The molecule has 14 heavy (non-hydrogen) atoms. The van der Waals surface area contributed by atoms with Crippen molar-refractivity contribution in [3.8, 4) is 0 Å². The number of hydrogen-bond donors (Lipinski definition) is 2. The second kappa shape index (κ2) is 3.84. The van der Waals surface area contributed by atoms with Crippen LogP contribution in [0.2, 0.25) is 0 Å². The van der Waals surface area contributed by atoms with Gasteiger partial charge < -0.3 is 15.2 Å². The SMILES string of the molecule is C[C@@H]1CN(C(=O)c2ccc[nH]2)CCN1. The second-order valence-electron chi connectivity index (χ2n) is 3.69. The molecule has 1 atom stereocenters. The first kappa shape index (κ1) is 9.27. The number of aromatic amines is 1. The number of aromatic nitrogens is 1. The van der Waals surface area contributed by atoms with Crippen LogP contribution in [-0.2, 0) is 0 Å². The van der Waals surface area contributed by atoms with E-state index >= 15 is 0 Å². The van der Waals surface area contributed by atoms with Gasteiger partial charge in [-0.3, -0.25) is 4.79 Å². The number of piperazine rings is 1. The largest absolute Gasteiger partial charge is 0.357 e. The smallest absolute Gasteiger partial charge is 0.270 e. The van der Waals surface area contributed by atoms with Crippen LogP contribution in [-0.4, -0.2) is 41.5 Å². The van der Waals surface area contributed by atoms with Crippen LogP contribution in [0, 0.1) is 0 Å². The molecule has 0 bridgehead atoms. The third kappa shape index (κ3) is 1.80. The second-order valence-corrected chi connectivity index (χ2v) is 3.69. The van der Waals surface area contributed by atoms with Crippen molar-refractivity contribution in [2.45, 2.75) is 13.0 Å². The topological polar surface area (TPSA) is 48.1 Å². The van der Waals surface area contributed by atoms with Crippen molar-refractivity contribution in [2.24, 2.45) is 0 Å². The van der Waals surface area contributed by atoms with E-state index in [4.69, 9.17) is 0 Å². The van der Waals surface area contributed by atoms with Crippen molar-refractivity contribution in [1.29, 1.82) is 0 Å². The molecule has 0 aliphatic carbocycles. The minimum atomic E-state index is 0.100. The molecule has 1 fully saturated rings. The molecule has 0 spiro atoms. The Bertz CT molecular complexity index is 307. The van der Waals surface area contributed by atoms with Crippen molar-refractivity contribution in [2.75, 3.05) is 19.6 Å². The van der Waals surface area contributed by atoms with Gasteiger partial charge in [-0.15, -0.1) is 0 Å². The quantitative estimate of drug-likeness (QED) is 0.680. The molecule has 1 aliphatic rings. The minimum Gasteiger partial charge on any atom is -0.357 e. The summed E-state index contributed by atoms with van der Waals surface area (Å²) < 4.78 is 0. The van der Waals surface area contributed by atoms with Gasteiger partial charge in [0.05, 0.1) is 0 Å². The fraction of sp³-hybridized carbons (Fsp3) is 0.500. The Hall–Kier alpha value is -1.29. The predicted octanol–water partition coefficient (Wildman–Crippen LogP) is 0.449. The normalized spacial score (nSPS) is 22.4. The van der Waals surface area contributed by atoms with Gasteiger partial charge in [-0.2, -0.15) is 0 Å². The average Bonchev–Trinajstić information content (AvgIpc) is 2.69. The van der Waals surface area contributed by atoms with Gasteiger partial charge in [0.25, 0.3) is 5.91 Å². The van der Waals surface area contributed by atoms with Crippen LogP contribution in [0.25, 0.3) is 0 Å². The molecule has 1 aromatic rings. The first-order valence-electron chi connectivity index (χ1n) is 4.93. The van der Waals surface area contributed by atoms with Crippen molar-refractivity contribution in [1.82, 2.24) is 15.2 Å². The van der Waals surface area contributed by atoms with Gasteiger partial charge in [-0.1, -0.05) is 0 Å². The number of rotatable bonds is 1. The molecule has 1 saturated heterocycles. The molecule has 0 saturated carbocycles. The third-order valence-electron chi connectivity index (χ3n) is 2.48. The van der Waals surface area contributed by atoms with E-state index in [1.807, 2.05) is 17.0 Å². The van der Waals surface area contributed by atoms with E-state index in [1.54, 1.807) is 6.20 Å². The number of carbonyl (C=O) groups is 1. The maximum Gasteiger partial charge on any atom is 0.270 e. The highest BCUT2D eigenvalue weighted by Gasteiger charge is 2.21. The standard InChI is InChI=1S/C10H15N3O/c1-8-7-13(6-5-11-8)10(14)9-3-2-4-12-9/h2-4,8,11-12H,5-7H2,1H3/t8-/m1/s1. The van der Waals surface area contributed by atoms with Gasteiger partial charge in [0.1, 0.15) is 5.69 Å². The zero-order valence-electron chi connectivity index (χ0n) is 8.29. The molecule has 2 heterocycles. The van der Waals surface area contributed by atoms with Gasteiger partial charge >= 0.3 is 0 Å². The zero-order chi connectivity index (χ0) is 9.97. The number of hydrogen-bond acceptors (Lipinski definition) is 2. The number of nitrogens with one attached hydrogen (secondary N) is 2. The molecule has 0 unspecified atom stereocenters. The fourth-order valence-corrected chi connectivity index (χ4v) is 1.75. The summed E-state index contributed by atoms with van der Waals surface area (Å²) in [5.41, 5.74) is 0.680. The molecule has 76 valence electrons. The Morgan fingerprint density at radius 3 is 3.14 bits per heavy atom. The molecule has 4 nitrogen and oxygen atoms in total. The summed E-state index contributed by atoms with van der Waals surface area (Å²) in [4.78, 5) is 16.7. The van der Waals surface area contributed by atoms with E-state index in [2.05, 4.69) is 17.2 Å². The summed E-state index contributed by atoms with van der Waals surface area (Å²) in [6, 6.07) is 4.05. The van der Waals surface area contributed by atoms with Crippen LogP contribution in [0.1, 0.15) is 17.4 Å². The molecule has 2 N–H and O–H groups in total. The van der Waals surface area contributed by atoms with Gasteiger partial charge in [-0.05, 0) is 19.1 Å². The van der Waals surface area contributed by atoms with E-state index < -0.39 is 0 Å². The van der Waals surface area contributed by atoms with Gasteiger partial charge in [0.2, 0.25) is 0 Å². The van der Waals surface area contributed by atoms with Crippen molar-refractivity contribution in [3.63, 3.8) is 0 Å². The van der Waals surface area contributed by atoms with Gasteiger partial charge in [0.15, 0.2) is 0 Å². The highest BCUT2D eigenvalue weighted by molar-refractivity contribution is 5.92. The fourth-order valence-electron chi connectivity index (χ4n) is 1.75. The Morgan fingerprint density at radius 2 is 2.50 bits per heavy atom. The first-order chi connectivity index (χ1) is 6.77. The zero-order valence-corrected chi connectivity index (χ0v) is 8.29. The number of H-pyrrole nitrogens is 1. The van der Waals surface area contributed by atoms with Crippen LogP contribution in [0.5, 0.6) is 0 Å². The molecule has 1 amide bonds. The van der Waals surface area contributed by atoms with Crippen LogP contribution in [0.4, 0.5) is 0 Å². The van der Waals surface area contributed by atoms with E-state index in [1.165, 1.54) is 0 Å². The molecule has 1 aromatic heterocycles. The van der Waals surface area contributed by atoms with E-state index in [0.717, 1.165) is 19.6 Å². The van der Waals surface area contributed by atoms with Crippen LogP contribution < -0.4 is 5.32 Å². The molecular weight excluding hydrogens is 178 g/mol. The Morgan fingerprint density at radius 1 is 1.64 bits per heavy atom. The Labute approximate surface area is 83.3 Å². The lowest BCUT2D eigenvalue weighted by Crippen LogP contribution is -2.51. The van der Waals surface area contributed by atoms with Crippen LogP contribution in [0.15, 0.2) is 18.3 Å². The maximum absolute atomic E-state index is 11.9. The summed E-state index contributed by atoms with van der Waals surface area (Å²) in [6.45, 7) is 4.56. The predicted molar refractivity (Wildman–Crippen MR) is 54.2 cm³/mol. The summed E-state index contributed by atoms with van der Waals surface area (Å²) in [7, 11) is 0. The lowest BCUT2D eigenvalue weighted by molar-refractivity contribution is 0.0704. The molecule has 4 heteroatoms.